The van der Waals surface area contributed by atoms with Crippen LogP contribution < -0.4 is 10.4 Å². The Hall–Kier alpha value is -1.62. The van der Waals surface area contributed by atoms with Crippen molar-refractivity contribution in [1.82, 2.24) is 0 Å². The van der Waals surface area contributed by atoms with Crippen molar-refractivity contribution in [3.05, 3.63) is 60.7 Å². The Morgan fingerprint density at radius 3 is 1.92 bits per heavy atom. The molecule has 3 saturated heterocycles. The Morgan fingerprint density at radius 2 is 1.42 bits per heavy atom. The minimum Gasteiger partial charge on any atom is -0.404 e. The van der Waals surface area contributed by atoms with Gasteiger partial charge in [-0.25, -0.2) is 0 Å². The average molecular weight is 541 g/mol. The number of hydrogen-bond donors (Lipinski definition) is 1. The molecule has 0 unspecified atom stereocenters. The van der Waals surface area contributed by atoms with E-state index in [0.717, 1.165) is 0 Å². The second kappa shape index (κ2) is 8.44. The maximum absolute atomic E-state index is 12.1. The fourth-order valence-corrected chi connectivity index (χ4v) is 11.6. The predicted molar refractivity (Wildman–Crippen MR) is 145 cm³/mol. The van der Waals surface area contributed by atoms with E-state index in [4.69, 9.17) is 28.1 Å². The van der Waals surface area contributed by atoms with Crippen molar-refractivity contribution in [3.8, 4) is 0 Å². The molecule has 8 heteroatoms. The molecule has 0 radical (unpaired) electrons. The van der Waals surface area contributed by atoms with E-state index in [-0.39, 0.29) is 24.4 Å². The maximum Gasteiger partial charge on any atom is 0.261 e. The number of rotatable bonds is 5. The quantitative estimate of drug-likeness (QED) is 0.461. The zero-order valence-corrected chi connectivity index (χ0v) is 24.4. The fraction of sp³-hybridized carbons (Fsp3) is 0.600. The van der Waals surface area contributed by atoms with E-state index in [1.54, 1.807) is 0 Å². The number of fused-ring (bicyclic) bond motifs is 4. The van der Waals surface area contributed by atoms with Gasteiger partial charge in [-0.1, -0.05) is 81.4 Å². The summed E-state index contributed by atoms with van der Waals surface area (Å²) in [5.74, 6) is -1.71. The molecule has 2 aromatic rings. The Bertz CT molecular complexity index is 1140. The molecular formula is C30H40O7Si. The van der Waals surface area contributed by atoms with E-state index in [1.165, 1.54) is 10.4 Å². The van der Waals surface area contributed by atoms with Gasteiger partial charge in [0.05, 0.1) is 13.2 Å². The van der Waals surface area contributed by atoms with Gasteiger partial charge in [-0.05, 0) is 43.1 Å². The third kappa shape index (κ3) is 3.80. The summed E-state index contributed by atoms with van der Waals surface area (Å²) < 4.78 is 38.9. The topological polar surface area (TPSA) is 78.9 Å². The van der Waals surface area contributed by atoms with Crippen LogP contribution in [0.15, 0.2) is 60.7 Å². The molecule has 3 aliphatic heterocycles. The summed E-state index contributed by atoms with van der Waals surface area (Å²) in [6, 6.07) is 21.0. The van der Waals surface area contributed by atoms with E-state index in [1.807, 2.05) is 39.8 Å². The molecule has 0 amide bonds. The SMILES string of the molecule is CC1(C)O[C@H]2[C@H]3O[C@@]3(CO[Si](c3ccccc3)(c3ccccc3)C(C)(C)C)[C@@H](O)[C@@]3(COC(C)(C)O3)[C@H]2O1. The van der Waals surface area contributed by atoms with Crippen LogP contribution in [-0.2, 0) is 28.1 Å². The van der Waals surface area contributed by atoms with Crippen molar-refractivity contribution in [1.29, 1.82) is 0 Å². The summed E-state index contributed by atoms with van der Waals surface area (Å²) in [6.07, 6.45) is -2.34. The molecule has 7 nitrogen and oxygen atoms in total. The highest BCUT2D eigenvalue weighted by atomic mass is 28.4. The lowest BCUT2D eigenvalue weighted by Crippen LogP contribution is -2.71. The summed E-state index contributed by atoms with van der Waals surface area (Å²) in [5, 5.41) is 14.2. The molecule has 6 rings (SSSR count). The summed E-state index contributed by atoms with van der Waals surface area (Å²) >= 11 is 0. The number of aliphatic hydroxyl groups excluding tert-OH is 1. The Labute approximate surface area is 226 Å². The van der Waals surface area contributed by atoms with Crippen molar-refractivity contribution in [3.63, 3.8) is 0 Å². The van der Waals surface area contributed by atoms with Crippen LogP contribution in [-0.4, -0.2) is 73.8 Å². The van der Waals surface area contributed by atoms with Gasteiger partial charge in [-0.3, -0.25) is 0 Å². The highest BCUT2D eigenvalue weighted by Crippen LogP contribution is 2.60. The van der Waals surface area contributed by atoms with E-state index in [2.05, 4.69) is 69.3 Å². The minimum absolute atomic E-state index is 0.179. The second-order valence-electron chi connectivity index (χ2n) is 13.1. The van der Waals surface area contributed by atoms with Gasteiger partial charge in [0, 0.05) is 0 Å². The molecule has 1 N–H and O–H groups in total. The lowest BCUT2D eigenvalue weighted by Gasteiger charge is -2.47. The predicted octanol–water partition coefficient (Wildman–Crippen LogP) is 3.12. The summed E-state index contributed by atoms with van der Waals surface area (Å²) in [6.45, 7) is 14.6. The molecule has 4 fully saturated rings. The third-order valence-corrected chi connectivity index (χ3v) is 13.6. The van der Waals surface area contributed by atoms with Crippen LogP contribution in [0.1, 0.15) is 48.5 Å². The van der Waals surface area contributed by atoms with E-state index in [9.17, 15) is 5.11 Å². The standard InChI is InChI=1S/C30H40O7Si/c1-26(2,3)38(20-14-10-8-11-15-20,21-16-12-9-13-17-21)33-19-29-23(36-29)22-24(35-28(6,7)34-22)30(25(29)31)18-32-27(4,5)37-30/h8-17,22-25,31H,18-19H2,1-7H3/t22-,23+,24-,25+,29+,30+/m0/s1. The van der Waals surface area contributed by atoms with Gasteiger partial charge in [-0.15, -0.1) is 0 Å². The van der Waals surface area contributed by atoms with E-state index >= 15 is 0 Å². The van der Waals surface area contributed by atoms with Crippen LogP contribution in [0.5, 0.6) is 0 Å². The molecule has 206 valence electrons. The average Bonchev–Trinajstić information content (AvgIpc) is 3.37. The molecule has 3 heterocycles. The largest absolute Gasteiger partial charge is 0.404 e. The van der Waals surface area contributed by atoms with Crippen molar-refractivity contribution in [2.24, 2.45) is 0 Å². The molecule has 0 bridgehead atoms. The third-order valence-electron chi connectivity index (χ3n) is 8.62. The van der Waals surface area contributed by atoms with Crippen molar-refractivity contribution in [2.45, 2.75) is 101 Å². The van der Waals surface area contributed by atoms with Crippen LogP contribution in [0.3, 0.4) is 0 Å². The molecule has 1 saturated carbocycles. The number of hydrogen-bond acceptors (Lipinski definition) is 7. The molecule has 1 spiro atoms. The lowest BCUT2D eigenvalue weighted by atomic mass is 9.72. The highest BCUT2D eigenvalue weighted by Gasteiger charge is 2.82. The molecule has 0 aromatic heterocycles. The van der Waals surface area contributed by atoms with Crippen molar-refractivity contribution < 1.29 is 33.2 Å². The molecule has 1 aliphatic carbocycles. The first kappa shape index (κ1) is 26.6. The summed E-state index contributed by atoms with van der Waals surface area (Å²) in [5.41, 5.74) is -2.13. The van der Waals surface area contributed by atoms with Crippen LogP contribution in [0.4, 0.5) is 0 Å². The Morgan fingerprint density at radius 1 is 0.842 bits per heavy atom. The molecule has 6 atom stereocenters. The summed E-state index contributed by atoms with van der Waals surface area (Å²) in [7, 11) is -2.86. The first-order valence-corrected chi connectivity index (χ1v) is 15.5. The monoisotopic (exact) mass is 540 g/mol. The van der Waals surface area contributed by atoms with Gasteiger partial charge < -0.3 is 33.2 Å². The normalized spacial score (nSPS) is 37.2. The van der Waals surface area contributed by atoms with Crippen LogP contribution in [0.25, 0.3) is 0 Å². The zero-order chi connectivity index (χ0) is 27.2. The number of ether oxygens (including phenoxy) is 5. The minimum atomic E-state index is -2.86. The molecular weight excluding hydrogens is 500 g/mol. The van der Waals surface area contributed by atoms with Crippen LogP contribution in [0, 0.1) is 0 Å². The van der Waals surface area contributed by atoms with E-state index in [0.29, 0.717) is 0 Å². The van der Waals surface area contributed by atoms with Gasteiger partial charge in [0.15, 0.2) is 17.2 Å². The van der Waals surface area contributed by atoms with Gasteiger partial charge in [0.1, 0.15) is 30.0 Å². The molecule has 4 aliphatic rings. The lowest BCUT2D eigenvalue weighted by molar-refractivity contribution is -0.242. The van der Waals surface area contributed by atoms with Gasteiger partial charge in [-0.2, -0.15) is 0 Å². The Balaban J connectivity index is 1.41. The molecule has 38 heavy (non-hydrogen) atoms. The van der Waals surface area contributed by atoms with Crippen molar-refractivity contribution >= 4 is 18.7 Å². The van der Waals surface area contributed by atoms with Crippen LogP contribution in [0.2, 0.25) is 5.04 Å². The number of epoxide rings is 1. The van der Waals surface area contributed by atoms with Crippen LogP contribution >= 0.6 is 0 Å². The summed E-state index contributed by atoms with van der Waals surface area (Å²) in [4.78, 5) is 0. The highest BCUT2D eigenvalue weighted by molar-refractivity contribution is 6.99. The molecule has 2 aromatic carbocycles. The number of aliphatic hydroxyl groups is 1. The van der Waals surface area contributed by atoms with Gasteiger partial charge >= 0.3 is 0 Å². The fourth-order valence-electron chi connectivity index (χ4n) is 6.98. The smallest absolute Gasteiger partial charge is 0.261 e. The number of benzene rings is 2. The first-order valence-electron chi connectivity index (χ1n) is 13.6. The zero-order valence-electron chi connectivity index (χ0n) is 23.4. The van der Waals surface area contributed by atoms with Gasteiger partial charge in [0.2, 0.25) is 0 Å². The first-order chi connectivity index (χ1) is 17.8. The van der Waals surface area contributed by atoms with E-state index < -0.39 is 49.4 Å². The Kier molecular flexibility index (Phi) is 5.91. The van der Waals surface area contributed by atoms with Gasteiger partial charge in [0.25, 0.3) is 8.32 Å². The maximum atomic E-state index is 12.1. The second-order valence-corrected chi connectivity index (χ2v) is 17.4. The van der Waals surface area contributed by atoms with Crippen molar-refractivity contribution in [2.75, 3.05) is 13.2 Å².